The molecule has 0 heterocycles. The van der Waals surface area contributed by atoms with E-state index in [1.54, 1.807) is 0 Å². The SMILES string of the molecule is COC(CC(=O)OCC(C)(C)C)C(=O)OCC(C)(C)C. The molecule has 0 aliphatic rings. The van der Waals surface area contributed by atoms with Crippen molar-refractivity contribution in [3.8, 4) is 0 Å². The molecule has 0 aromatic heterocycles. The van der Waals surface area contributed by atoms with Crippen LogP contribution < -0.4 is 0 Å². The number of rotatable bonds is 6. The highest BCUT2D eigenvalue weighted by Crippen LogP contribution is 2.16. The van der Waals surface area contributed by atoms with Crippen LogP contribution in [-0.2, 0) is 23.8 Å². The van der Waals surface area contributed by atoms with Gasteiger partial charge in [0.15, 0.2) is 6.10 Å². The molecular formula is C15H28O5. The summed E-state index contributed by atoms with van der Waals surface area (Å²) in [5.41, 5.74) is -0.230. The van der Waals surface area contributed by atoms with Crippen LogP contribution in [0.1, 0.15) is 48.0 Å². The summed E-state index contributed by atoms with van der Waals surface area (Å²) in [5.74, 6) is -0.991. The molecule has 0 bridgehead atoms. The summed E-state index contributed by atoms with van der Waals surface area (Å²) >= 11 is 0. The third kappa shape index (κ3) is 9.78. The zero-order valence-electron chi connectivity index (χ0n) is 13.7. The quantitative estimate of drug-likeness (QED) is 0.703. The average Bonchev–Trinajstić information content (AvgIpc) is 2.28. The third-order valence-corrected chi connectivity index (χ3v) is 2.21. The zero-order chi connectivity index (χ0) is 16.0. The van der Waals surface area contributed by atoms with Gasteiger partial charge in [0.05, 0.1) is 19.6 Å². The zero-order valence-corrected chi connectivity index (χ0v) is 13.7. The second-order valence-corrected chi connectivity index (χ2v) is 7.32. The monoisotopic (exact) mass is 288 g/mol. The summed E-state index contributed by atoms with van der Waals surface area (Å²) in [6, 6.07) is 0. The first-order chi connectivity index (χ1) is 8.94. The Morgan fingerprint density at radius 3 is 1.75 bits per heavy atom. The summed E-state index contributed by atoms with van der Waals surface area (Å²) in [5, 5.41) is 0. The van der Waals surface area contributed by atoms with Crippen molar-refractivity contribution in [2.75, 3.05) is 20.3 Å². The maximum absolute atomic E-state index is 11.8. The van der Waals surface area contributed by atoms with Crippen LogP contribution in [0, 0.1) is 10.8 Å². The lowest BCUT2D eigenvalue weighted by molar-refractivity contribution is -0.164. The topological polar surface area (TPSA) is 61.8 Å². The molecule has 0 fully saturated rings. The van der Waals surface area contributed by atoms with Gasteiger partial charge in [0.1, 0.15) is 0 Å². The molecular weight excluding hydrogens is 260 g/mol. The Hall–Kier alpha value is -1.10. The number of carbonyl (C=O) groups excluding carboxylic acids is 2. The molecule has 1 atom stereocenters. The van der Waals surface area contributed by atoms with E-state index in [4.69, 9.17) is 14.2 Å². The van der Waals surface area contributed by atoms with E-state index in [-0.39, 0.29) is 23.9 Å². The Morgan fingerprint density at radius 2 is 1.35 bits per heavy atom. The minimum absolute atomic E-state index is 0.106. The molecule has 5 heteroatoms. The van der Waals surface area contributed by atoms with Crippen molar-refractivity contribution in [2.45, 2.75) is 54.1 Å². The molecule has 0 aliphatic heterocycles. The van der Waals surface area contributed by atoms with Crippen molar-refractivity contribution in [3.05, 3.63) is 0 Å². The molecule has 0 aromatic rings. The van der Waals surface area contributed by atoms with Crippen molar-refractivity contribution in [1.82, 2.24) is 0 Å². The number of ether oxygens (including phenoxy) is 3. The maximum atomic E-state index is 11.8. The Bertz CT molecular complexity index is 322. The number of carbonyl (C=O) groups is 2. The molecule has 0 amide bonds. The number of hydrogen-bond acceptors (Lipinski definition) is 5. The van der Waals surface area contributed by atoms with Gasteiger partial charge in [-0.25, -0.2) is 4.79 Å². The van der Waals surface area contributed by atoms with Crippen molar-refractivity contribution >= 4 is 11.9 Å². The molecule has 0 N–H and O–H groups in total. The Morgan fingerprint density at radius 1 is 0.900 bits per heavy atom. The van der Waals surface area contributed by atoms with Crippen LogP contribution in [-0.4, -0.2) is 38.4 Å². The van der Waals surface area contributed by atoms with Crippen LogP contribution in [0.15, 0.2) is 0 Å². The van der Waals surface area contributed by atoms with Gasteiger partial charge in [0, 0.05) is 7.11 Å². The average molecular weight is 288 g/mol. The first-order valence-electron chi connectivity index (χ1n) is 6.80. The van der Waals surface area contributed by atoms with E-state index in [1.165, 1.54) is 7.11 Å². The fraction of sp³-hybridized carbons (Fsp3) is 0.867. The van der Waals surface area contributed by atoms with Crippen molar-refractivity contribution in [1.29, 1.82) is 0 Å². The Kier molecular flexibility index (Phi) is 7.20. The van der Waals surface area contributed by atoms with Crippen molar-refractivity contribution < 1.29 is 23.8 Å². The summed E-state index contributed by atoms with van der Waals surface area (Å²) < 4.78 is 15.2. The predicted molar refractivity (Wildman–Crippen MR) is 76.2 cm³/mol. The van der Waals surface area contributed by atoms with Gasteiger partial charge >= 0.3 is 11.9 Å². The van der Waals surface area contributed by atoms with E-state index < -0.39 is 18.0 Å². The Balaban J connectivity index is 4.26. The standard InChI is InChI=1S/C15H28O5/c1-14(2,3)9-19-12(16)8-11(18-7)13(17)20-10-15(4,5)6/h11H,8-10H2,1-7H3. The van der Waals surface area contributed by atoms with E-state index in [2.05, 4.69) is 0 Å². The van der Waals surface area contributed by atoms with E-state index in [0.29, 0.717) is 6.61 Å². The predicted octanol–water partition coefficient (Wildman–Crippen LogP) is 2.57. The molecule has 0 spiro atoms. The molecule has 20 heavy (non-hydrogen) atoms. The van der Waals surface area contributed by atoms with E-state index in [0.717, 1.165) is 0 Å². The lowest BCUT2D eigenvalue weighted by atomic mass is 9.98. The molecule has 118 valence electrons. The molecule has 0 rings (SSSR count). The molecule has 0 saturated carbocycles. The maximum Gasteiger partial charge on any atom is 0.335 e. The molecule has 0 aliphatic carbocycles. The second kappa shape index (κ2) is 7.62. The first kappa shape index (κ1) is 18.9. The van der Waals surface area contributed by atoms with Gasteiger partial charge in [0.25, 0.3) is 0 Å². The Labute approximate surface area is 122 Å². The molecule has 0 radical (unpaired) electrons. The molecule has 1 unspecified atom stereocenters. The van der Waals surface area contributed by atoms with Crippen molar-refractivity contribution in [2.24, 2.45) is 10.8 Å². The van der Waals surface area contributed by atoms with Gasteiger partial charge in [-0.3, -0.25) is 4.79 Å². The van der Waals surface area contributed by atoms with E-state index in [1.807, 2.05) is 41.5 Å². The third-order valence-electron chi connectivity index (χ3n) is 2.21. The van der Waals surface area contributed by atoms with Gasteiger partial charge in [-0.05, 0) is 10.8 Å². The van der Waals surface area contributed by atoms with Crippen LogP contribution >= 0.6 is 0 Å². The number of esters is 2. The fourth-order valence-corrected chi connectivity index (χ4v) is 1.15. The lowest BCUT2D eigenvalue weighted by Gasteiger charge is -2.21. The summed E-state index contributed by atoms with van der Waals surface area (Å²) in [4.78, 5) is 23.5. The van der Waals surface area contributed by atoms with Gasteiger partial charge in [-0.1, -0.05) is 41.5 Å². The first-order valence-corrected chi connectivity index (χ1v) is 6.80. The fourth-order valence-electron chi connectivity index (χ4n) is 1.15. The number of hydrogen-bond donors (Lipinski definition) is 0. The van der Waals surface area contributed by atoms with Crippen LogP contribution in [0.25, 0.3) is 0 Å². The molecule has 0 saturated heterocycles. The van der Waals surface area contributed by atoms with Gasteiger partial charge < -0.3 is 14.2 Å². The number of methoxy groups -OCH3 is 1. The smallest absolute Gasteiger partial charge is 0.335 e. The summed E-state index contributed by atoms with van der Waals surface area (Å²) in [6.07, 6.45) is -1.04. The van der Waals surface area contributed by atoms with Crippen LogP contribution in [0.2, 0.25) is 0 Å². The molecule has 0 aromatic carbocycles. The minimum atomic E-state index is -0.912. The minimum Gasteiger partial charge on any atom is -0.465 e. The molecule has 5 nitrogen and oxygen atoms in total. The second-order valence-electron chi connectivity index (χ2n) is 7.32. The largest absolute Gasteiger partial charge is 0.465 e. The van der Waals surface area contributed by atoms with Gasteiger partial charge in [-0.2, -0.15) is 0 Å². The van der Waals surface area contributed by atoms with E-state index in [9.17, 15) is 9.59 Å². The van der Waals surface area contributed by atoms with Gasteiger partial charge in [0.2, 0.25) is 0 Å². The summed E-state index contributed by atoms with van der Waals surface area (Å²) in [7, 11) is 1.38. The van der Waals surface area contributed by atoms with Crippen LogP contribution in [0.5, 0.6) is 0 Å². The van der Waals surface area contributed by atoms with Crippen molar-refractivity contribution in [3.63, 3.8) is 0 Å². The van der Waals surface area contributed by atoms with Gasteiger partial charge in [-0.15, -0.1) is 0 Å². The highest BCUT2D eigenvalue weighted by Gasteiger charge is 2.26. The highest BCUT2D eigenvalue weighted by atomic mass is 16.6. The van der Waals surface area contributed by atoms with E-state index >= 15 is 0 Å². The highest BCUT2D eigenvalue weighted by molar-refractivity contribution is 5.81. The lowest BCUT2D eigenvalue weighted by Crippen LogP contribution is -2.32. The summed E-state index contributed by atoms with van der Waals surface area (Å²) in [6.45, 7) is 12.4. The normalized spacial score (nSPS) is 13.8. The van der Waals surface area contributed by atoms with Crippen LogP contribution in [0.3, 0.4) is 0 Å². The van der Waals surface area contributed by atoms with Crippen LogP contribution in [0.4, 0.5) is 0 Å².